The summed E-state index contributed by atoms with van der Waals surface area (Å²) in [5, 5.41) is 4.08. The summed E-state index contributed by atoms with van der Waals surface area (Å²) >= 11 is 11.5. The molecule has 6 heteroatoms. The summed E-state index contributed by atoms with van der Waals surface area (Å²) in [5.41, 5.74) is 0. The average Bonchev–Trinajstić information content (AvgIpc) is 2.73. The van der Waals surface area contributed by atoms with Crippen molar-refractivity contribution in [1.29, 1.82) is 0 Å². The standard InChI is InChI=1S/C10H12Cl2N2O.ClH/c11-9-4-8(5-14-10(9)12)15-6-7-2-1-3-13-7;/h4-5,7,13H,1-3,6H2;1H/t7-;/m0./s1. The van der Waals surface area contributed by atoms with Crippen molar-refractivity contribution in [3.05, 3.63) is 22.4 Å². The Kier molecular flexibility index (Phi) is 5.62. The number of aromatic nitrogens is 1. The van der Waals surface area contributed by atoms with Crippen LogP contribution in [0.1, 0.15) is 12.8 Å². The van der Waals surface area contributed by atoms with Crippen LogP contribution in [0.2, 0.25) is 10.2 Å². The molecule has 0 spiro atoms. The first-order valence-corrected chi connectivity index (χ1v) is 5.68. The molecular formula is C10H13Cl3N2O. The lowest BCUT2D eigenvalue weighted by atomic mass is 10.2. The van der Waals surface area contributed by atoms with E-state index in [0.717, 1.165) is 13.0 Å². The van der Waals surface area contributed by atoms with Gasteiger partial charge in [-0.05, 0) is 19.4 Å². The minimum atomic E-state index is 0. The number of hydrogen-bond donors (Lipinski definition) is 1. The lowest BCUT2D eigenvalue weighted by Crippen LogP contribution is -2.28. The van der Waals surface area contributed by atoms with Gasteiger partial charge in [-0.15, -0.1) is 12.4 Å². The summed E-state index contributed by atoms with van der Waals surface area (Å²) in [6, 6.07) is 2.13. The van der Waals surface area contributed by atoms with Crippen LogP contribution in [0.3, 0.4) is 0 Å². The maximum atomic E-state index is 5.82. The Labute approximate surface area is 111 Å². The Hall–Kier alpha value is -0.220. The van der Waals surface area contributed by atoms with Gasteiger partial charge < -0.3 is 10.1 Å². The molecule has 16 heavy (non-hydrogen) atoms. The van der Waals surface area contributed by atoms with Crippen molar-refractivity contribution in [3.63, 3.8) is 0 Å². The van der Waals surface area contributed by atoms with Crippen LogP contribution >= 0.6 is 35.6 Å². The van der Waals surface area contributed by atoms with E-state index in [9.17, 15) is 0 Å². The van der Waals surface area contributed by atoms with Crippen LogP contribution in [0.15, 0.2) is 12.3 Å². The fraction of sp³-hybridized carbons (Fsp3) is 0.500. The predicted octanol–water partition coefficient (Wildman–Crippen LogP) is 2.94. The van der Waals surface area contributed by atoms with E-state index in [1.165, 1.54) is 6.42 Å². The molecular weight excluding hydrogens is 270 g/mol. The number of nitrogens with zero attached hydrogens (tertiary/aromatic N) is 1. The molecule has 1 atom stereocenters. The number of hydrogen-bond acceptors (Lipinski definition) is 3. The van der Waals surface area contributed by atoms with Gasteiger partial charge in [-0.2, -0.15) is 0 Å². The zero-order valence-electron chi connectivity index (χ0n) is 8.58. The lowest BCUT2D eigenvalue weighted by Gasteiger charge is -2.11. The summed E-state index contributed by atoms with van der Waals surface area (Å²) in [4.78, 5) is 3.91. The maximum absolute atomic E-state index is 5.82. The van der Waals surface area contributed by atoms with Crippen molar-refractivity contribution in [2.24, 2.45) is 0 Å². The molecule has 1 fully saturated rings. The molecule has 1 aromatic heterocycles. The molecule has 2 rings (SSSR count). The van der Waals surface area contributed by atoms with Crippen molar-refractivity contribution in [2.45, 2.75) is 18.9 Å². The van der Waals surface area contributed by atoms with Gasteiger partial charge in [0.1, 0.15) is 17.5 Å². The molecule has 0 bridgehead atoms. The van der Waals surface area contributed by atoms with Gasteiger partial charge in [0, 0.05) is 12.1 Å². The second-order valence-corrected chi connectivity index (χ2v) is 4.31. The Morgan fingerprint density at radius 2 is 2.31 bits per heavy atom. The quantitative estimate of drug-likeness (QED) is 0.866. The highest BCUT2D eigenvalue weighted by Crippen LogP contribution is 2.23. The molecule has 1 aliphatic heterocycles. The van der Waals surface area contributed by atoms with Gasteiger partial charge in [0.2, 0.25) is 0 Å². The average molecular weight is 284 g/mol. The fourth-order valence-corrected chi connectivity index (χ4v) is 1.84. The first-order valence-electron chi connectivity index (χ1n) is 4.93. The first-order chi connectivity index (χ1) is 7.25. The summed E-state index contributed by atoms with van der Waals surface area (Å²) in [6.45, 7) is 1.73. The monoisotopic (exact) mass is 282 g/mol. The van der Waals surface area contributed by atoms with Crippen LogP contribution in [0.4, 0.5) is 0 Å². The SMILES string of the molecule is Cl.Clc1cc(OC[C@@H]2CCCN2)cnc1Cl. The lowest BCUT2D eigenvalue weighted by molar-refractivity contribution is 0.276. The highest BCUT2D eigenvalue weighted by molar-refractivity contribution is 6.41. The number of nitrogens with one attached hydrogen (secondary N) is 1. The number of rotatable bonds is 3. The number of halogens is 3. The zero-order valence-corrected chi connectivity index (χ0v) is 10.9. The second-order valence-electron chi connectivity index (χ2n) is 3.55. The molecule has 0 radical (unpaired) electrons. The van der Waals surface area contributed by atoms with Crippen LogP contribution in [0, 0.1) is 0 Å². The van der Waals surface area contributed by atoms with Gasteiger partial charge in [-0.3, -0.25) is 0 Å². The van der Waals surface area contributed by atoms with E-state index in [-0.39, 0.29) is 12.4 Å². The van der Waals surface area contributed by atoms with E-state index in [0.29, 0.717) is 28.6 Å². The topological polar surface area (TPSA) is 34.1 Å². The van der Waals surface area contributed by atoms with Crippen LogP contribution in [0.25, 0.3) is 0 Å². The Bertz CT molecular complexity index is 343. The van der Waals surface area contributed by atoms with Crippen molar-refractivity contribution < 1.29 is 4.74 Å². The smallest absolute Gasteiger partial charge is 0.147 e. The van der Waals surface area contributed by atoms with Gasteiger partial charge in [-0.1, -0.05) is 23.2 Å². The van der Waals surface area contributed by atoms with Gasteiger partial charge in [0.25, 0.3) is 0 Å². The van der Waals surface area contributed by atoms with E-state index in [4.69, 9.17) is 27.9 Å². The Morgan fingerprint density at radius 1 is 1.50 bits per heavy atom. The highest BCUT2D eigenvalue weighted by Gasteiger charge is 2.14. The molecule has 0 saturated carbocycles. The molecule has 1 aromatic rings. The van der Waals surface area contributed by atoms with Crippen LogP contribution in [-0.4, -0.2) is 24.2 Å². The van der Waals surface area contributed by atoms with Gasteiger partial charge >= 0.3 is 0 Å². The summed E-state index contributed by atoms with van der Waals surface area (Å²) in [5.74, 6) is 0.665. The van der Waals surface area contributed by atoms with Crippen molar-refractivity contribution in [3.8, 4) is 5.75 Å². The van der Waals surface area contributed by atoms with Crippen molar-refractivity contribution >= 4 is 35.6 Å². The molecule has 0 aliphatic carbocycles. The maximum Gasteiger partial charge on any atom is 0.147 e. The number of pyridine rings is 1. The molecule has 0 aromatic carbocycles. The van der Waals surface area contributed by atoms with E-state index in [2.05, 4.69) is 10.3 Å². The zero-order chi connectivity index (χ0) is 10.7. The molecule has 90 valence electrons. The Morgan fingerprint density at radius 3 is 2.94 bits per heavy atom. The number of ether oxygens (including phenoxy) is 1. The summed E-state index contributed by atoms with van der Waals surface area (Å²) in [7, 11) is 0. The minimum Gasteiger partial charge on any atom is -0.490 e. The molecule has 0 amide bonds. The third-order valence-electron chi connectivity index (χ3n) is 2.38. The Balaban J connectivity index is 0.00000128. The predicted molar refractivity (Wildman–Crippen MR) is 68.0 cm³/mol. The normalized spacial score (nSPS) is 19.2. The van der Waals surface area contributed by atoms with Crippen LogP contribution < -0.4 is 10.1 Å². The van der Waals surface area contributed by atoms with Gasteiger partial charge in [0.05, 0.1) is 11.2 Å². The van der Waals surface area contributed by atoms with Crippen LogP contribution in [0.5, 0.6) is 5.75 Å². The summed E-state index contributed by atoms with van der Waals surface area (Å²) < 4.78 is 5.56. The molecule has 1 N–H and O–H groups in total. The highest BCUT2D eigenvalue weighted by atomic mass is 35.5. The van der Waals surface area contributed by atoms with Gasteiger partial charge in [-0.25, -0.2) is 4.98 Å². The van der Waals surface area contributed by atoms with E-state index in [1.54, 1.807) is 12.3 Å². The summed E-state index contributed by atoms with van der Waals surface area (Å²) in [6.07, 6.45) is 3.96. The largest absolute Gasteiger partial charge is 0.490 e. The van der Waals surface area contributed by atoms with E-state index < -0.39 is 0 Å². The van der Waals surface area contributed by atoms with Crippen LogP contribution in [-0.2, 0) is 0 Å². The van der Waals surface area contributed by atoms with E-state index in [1.807, 2.05) is 0 Å². The van der Waals surface area contributed by atoms with Crippen molar-refractivity contribution in [2.75, 3.05) is 13.2 Å². The molecule has 0 unspecified atom stereocenters. The minimum absolute atomic E-state index is 0. The second kappa shape index (κ2) is 6.50. The van der Waals surface area contributed by atoms with Gasteiger partial charge in [0.15, 0.2) is 0 Å². The molecule has 1 aliphatic rings. The molecule has 1 saturated heterocycles. The van der Waals surface area contributed by atoms with E-state index >= 15 is 0 Å². The third-order valence-corrected chi connectivity index (χ3v) is 3.07. The molecule has 2 heterocycles. The fourth-order valence-electron chi connectivity index (χ4n) is 1.58. The van der Waals surface area contributed by atoms with Crippen molar-refractivity contribution in [1.82, 2.24) is 10.3 Å². The third kappa shape index (κ3) is 3.67. The molecule has 3 nitrogen and oxygen atoms in total. The first kappa shape index (κ1) is 13.8.